The van der Waals surface area contributed by atoms with Crippen LogP contribution in [-0.2, 0) is 10.0 Å². The van der Waals surface area contributed by atoms with E-state index in [4.69, 9.17) is 0 Å². The first-order chi connectivity index (χ1) is 11.8. The van der Waals surface area contributed by atoms with Crippen LogP contribution in [0.1, 0.15) is 17.3 Å². The van der Waals surface area contributed by atoms with Crippen LogP contribution >= 0.6 is 11.8 Å². The van der Waals surface area contributed by atoms with Gasteiger partial charge < -0.3 is 0 Å². The van der Waals surface area contributed by atoms with Crippen LogP contribution in [0.25, 0.3) is 5.52 Å². The fraction of sp³-hybridized carbons (Fsp3) is 0.176. The number of nitrogens with one attached hydrogen (secondary N) is 1. The van der Waals surface area contributed by atoms with Gasteiger partial charge in [0.25, 0.3) is 0 Å². The Bertz CT molecular complexity index is 1010. The van der Waals surface area contributed by atoms with E-state index in [1.165, 1.54) is 11.8 Å². The minimum Gasteiger partial charge on any atom is -0.295 e. The number of benzene rings is 1. The van der Waals surface area contributed by atoms with Crippen molar-refractivity contribution in [2.45, 2.75) is 17.3 Å². The highest BCUT2D eigenvalue weighted by molar-refractivity contribution is 8.00. The summed E-state index contributed by atoms with van der Waals surface area (Å²) in [5.41, 5.74) is 1.93. The van der Waals surface area contributed by atoms with E-state index >= 15 is 0 Å². The number of Topliss-reactive ketones (excluding diaryl/α,β-unsaturated/α-hetero) is 1. The van der Waals surface area contributed by atoms with E-state index in [9.17, 15) is 13.2 Å². The Morgan fingerprint density at radius 3 is 2.60 bits per heavy atom. The first kappa shape index (κ1) is 17.5. The first-order valence-electron chi connectivity index (χ1n) is 7.54. The lowest BCUT2D eigenvalue weighted by Crippen LogP contribution is -2.14. The predicted octanol–water partition coefficient (Wildman–Crippen LogP) is 3.07. The van der Waals surface area contributed by atoms with E-state index in [0.29, 0.717) is 11.3 Å². The van der Waals surface area contributed by atoms with Crippen molar-refractivity contribution in [3.8, 4) is 0 Å². The Kier molecular flexibility index (Phi) is 4.82. The second-order valence-electron chi connectivity index (χ2n) is 5.61. The van der Waals surface area contributed by atoms with Gasteiger partial charge in [0, 0.05) is 17.4 Å². The van der Waals surface area contributed by atoms with Crippen LogP contribution in [0.15, 0.2) is 60.0 Å². The van der Waals surface area contributed by atoms with E-state index in [2.05, 4.69) is 9.71 Å². The smallest absolute Gasteiger partial charge is 0.229 e. The Morgan fingerprint density at radius 2 is 1.92 bits per heavy atom. The quantitative estimate of drug-likeness (QED) is 0.529. The number of aromatic nitrogens is 2. The maximum Gasteiger partial charge on any atom is 0.229 e. The van der Waals surface area contributed by atoms with E-state index in [1.54, 1.807) is 30.5 Å². The van der Waals surface area contributed by atoms with Crippen molar-refractivity contribution in [1.82, 2.24) is 9.38 Å². The largest absolute Gasteiger partial charge is 0.295 e. The lowest BCUT2D eigenvalue weighted by Gasteiger charge is -2.10. The average Bonchev–Trinajstić information content (AvgIpc) is 2.96. The molecule has 0 aliphatic carbocycles. The summed E-state index contributed by atoms with van der Waals surface area (Å²) >= 11 is 1.39. The Balaban J connectivity index is 1.74. The molecule has 3 aromatic rings. The third-order valence-corrected chi connectivity index (χ3v) is 5.22. The number of thioether (sulfide) groups is 1. The highest BCUT2D eigenvalue weighted by Gasteiger charge is 2.19. The molecule has 1 N–H and O–H groups in total. The van der Waals surface area contributed by atoms with Crippen molar-refractivity contribution in [1.29, 1.82) is 0 Å². The molecule has 6 nitrogen and oxygen atoms in total. The Hall–Kier alpha value is -2.32. The molecule has 130 valence electrons. The van der Waals surface area contributed by atoms with Crippen molar-refractivity contribution >= 4 is 38.8 Å². The number of ketones is 1. The van der Waals surface area contributed by atoms with E-state index < -0.39 is 10.0 Å². The average molecular weight is 375 g/mol. The normalized spacial score (nSPS) is 12.9. The number of sulfonamides is 1. The first-order valence-corrected chi connectivity index (χ1v) is 10.3. The molecule has 25 heavy (non-hydrogen) atoms. The second-order valence-corrected chi connectivity index (χ2v) is 8.67. The fourth-order valence-electron chi connectivity index (χ4n) is 2.37. The lowest BCUT2D eigenvalue weighted by molar-refractivity contribution is 0.0994. The molecule has 0 bridgehead atoms. The maximum absolute atomic E-state index is 12.6. The summed E-state index contributed by atoms with van der Waals surface area (Å²) in [5.74, 6) is -0.0383. The summed E-state index contributed by atoms with van der Waals surface area (Å²) in [4.78, 5) is 17.0. The number of fused-ring (bicyclic) bond motifs is 1. The molecule has 0 radical (unpaired) electrons. The minimum atomic E-state index is -3.33. The molecule has 0 fully saturated rings. The van der Waals surface area contributed by atoms with E-state index in [1.807, 2.05) is 35.7 Å². The van der Waals surface area contributed by atoms with Crippen molar-refractivity contribution < 1.29 is 13.2 Å². The molecule has 1 aromatic carbocycles. The van der Waals surface area contributed by atoms with Gasteiger partial charge in [-0.3, -0.25) is 13.9 Å². The van der Waals surface area contributed by atoms with Crippen LogP contribution in [0.3, 0.4) is 0 Å². The molecule has 0 spiro atoms. The van der Waals surface area contributed by atoms with Crippen LogP contribution in [0.4, 0.5) is 5.69 Å². The fourth-order valence-corrected chi connectivity index (χ4v) is 3.89. The summed E-state index contributed by atoms with van der Waals surface area (Å²) in [7, 11) is -3.33. The van der Waals surface area contributed by atoms with Gasteiger partial charge >= 0.3 is 0 Å². The summed E-state index contributed by atoms with van der Waals surface area (Å²) in [6.07, 6.45) is 4.76. The molecule has 0 amide bonds. The van der Waals surface area contributed by atoms with Gasteiger partial charge in [-0.15, -0.1) is 0 Å². The number of carbonyl (C=O) groups is 1. The molecule has 3 rings (SSSR count). The molecule has 0 aliphatic heterocycles. The minimum absolute atomic E-state index is 0.0383. The zero-order chi connectivity index (χ0) is 18.0. The molecule has 0 aliphatic rings. The molecule has 1 atom stereocenters. The van der Waals surface area contributed by atoms with Crippen molar-refractivity contribution in [2.75, 3.05) is 11.0 Å². The molecular weight excluding hydrogens is 358 g/mol. The lowest BCUT2D eigenvalue weighted by atomic mass is 10.1. The van der Waals surface area contributed by atoms with Gasteiger partial charge in [0.1, 0.15) is 0 Å². The molecule has 2 aromatic heterocycles. The Labute approximate surface area is 150 Å². The molecule has 1 unspecified atom stereocenters. The van der Waals surface area contributed by atoms with Crippen LogP contribution in [-0.4, -0.2) is 35.1 Å². The van der Waals surface area contributed by atoms with Gasteiger partial charge in [0.15, 0.2) is 10.9 Å². The van der Waals surface area contributed by atoms with Gasteiger partial charge in [-0.25, -0.2) is 13.4 Å². The molecule has 0 saturated carbocycles. The zero-order valence-corrected chi connectivity index (χ0v) is 15.3. The highest BCUT2D eigenvalue weighted by Crippen LogP contribution is 2.26. The monoisotopic (exact) mass is 375 g/mol. The summed E-state index contributed by atoms with van der Waals surface area (Å²) in [6, 6.07) is 12.2. The number of pyridine rings is 1. The topological polar surface area (TPSA) is 80.5 Å². The van der Waals surface area contributed by atoms with Crippen LogP contribution < -0.4 is 4.72 Å². The Morgan fingerprint density at radius 1 is 1.20 bits per heavy atom. The molecule has 2 heterocycles. The number of anilines is 1. The zero-order valence-electron chi connectivity index (χ0n) is 13.7. The second kappa shape index (κ2) is 6.89. The standard InChI is InChI=1S/C17H17N3O3S2/c1-12(24-17-18-11-15-5-3-4-10-20(15)17)16(21)13-6-8-14(9-7-13)19-25(2,22)23/h3-12,19H,1-2H3. The van der Waals surface area contributed by atoms with Gasteiger partial charge in [0.2, 0.25) is 10.0 Å². The van der Waals surface area contributed by atoms with Gasteiger partial charge in [-0.1, -0.05) is 17.8 Å². The van der Waals surface area contributed by atoms with Crippen molar-refractivity contribution in [3.05, 3.63) is 60.4 Å². The third kappa shape index (κ3) is 4.21. The van der Waals surface area contributed by atoms with E-state index in [-0.39, 0.29) is 11.0 Å². The van der Waals surface area contributed by atoms with Gasteiger partial charge in [-0.2, -0.15) is 0 Å². The highest BCUT2D eigenvalue weighted by atomic mass is 32.2. The summed E-state index contributed by atoms with van der Waals surface area (Å²) in [6.45, 7) is 1.83. The van der Waals surface area contributed by atoms with Crippen molar-refractivity contribution in [2.24, 2.45) is 0 Å². The molecular formula is C17H17N3O3S2. The number of hydrogen-bond acceptors (Lipinski definition) is 5. The number of carbonyl (C=O) groups excluding carboxylic acids is 1. The molecule has 8 heteroatoms. The van der Waals surface area contributed by atoms with Crippen LogP contribution in [0.2, 0.25) is 0 Å². The third-order valence-electron chi connectivity index (χ3n) is 3.53. The van der Waals surface area contributed by atoms with Crippen LogP contribution in [0.5, 0.6) is 0 Å². The van der Waals surface area contributed by atoms with Crippen LogP contribution in [0, 0.1) is 0 Å². The van der Waals surface area contributed by atoms with Gasteiger partial charge in [0.05, 0.1) is 23.2 Å². The maximum atomic E-state index is 12.6. The summed E-state index contributed by atoms with van der Waals surface area (Å²) in [5, 5.41) is 0.436. The number of imidazole rings is 1. The number of hydrogen-bond donors (Lipinski definition) is 1. The van der Waals surface area contributed by atoms with Crippen molar-refractivity contribution in [3.63, 3.8) is 0 Å². The van der Waals surface area contributed by atoms with E-state index in [0.717, 1.165) is 16.9 Å². The summed E-state index contributed by atoms with van der Waals surface area (Å²) < 4.78 is 26.8. The number of rotatable bonds is 6. The predicted molar refractivity (Wildman–Crippen MR) is 99.8 cm³/mol. The SMILES string of the molecule is CC(Sc1ncc2ccccn12)C(=O)c1ccc(NS(C)(=O)=O)cc1. The van der Waals surface area contributed by atoms with Gasteiger partial charge in [-0.05, 0) is 43.3 Å². The number of nitrogens with zero attached hydrogens (tertiary/aromatic N) is 2. The molecule has 0 saturated heterocycles.